The Kier molecular flexibility index (Phi) is 7.47. The standard InChI is InChI=1S/C31H26N2O4S/c1-3-37-30(35)26-27(22-14-8-5-9-15-22)32-31-33(28(26)23-17-19-24(36-2)20-18-23)29(34)25(38-31)16-10-13-21-11-6-4-7-12-21/h4-20,28H,3H2,1-2H3/b13-10+,25-16+/t28-/m0/s1. The number of carbonyl (C=O) groups is 1. The summed E-state index contributed by atoms with van der Waals surface area (Å²) in [6.45, 7) is 1.96. The number of methoxy groups -OCH3 is 1. The third-order valence-corrected chi connectivity index (χ3v) is 7.14. The molecular weight excluding hydrogens is 496 g/mol. The Morgan fingerprint density at radius 2 is 1.68 bits per heavy atom. The minimum absolute atomic E-state index is 0.203. The van der Waals surface area contributed by atoms with Gasteiger partial charge in [-0.15, -0.1) is 0 Å². The minimum atomic E-state index is -0.716. The molecule has 190 valence electrons. The van der Waals surface area contributed by atoms with Gasteiger partial charge in [-0.2, -0.15) is 0 Å². The maximum atomic E-state index is 13.8. The van der Waals surface area contributed by atoms with Gasteiger partial charge >= 0.3 is 5.97 Å². The second-order valence-electron chi connectivity index (χ2n) is 8.50. The van der Waals surface area contributed by atoms with Crippen molar-refractivity contribution in [2.75, 3.05) is 13.7 Å². The highest BCUT2D eigenvalue weighted by Crippen LogP contribution is 2.35. The van der Waals surface area contributed by atoms with Gasteiger partial charge in [0.1, 0.15) is 5.75 Å². The quantitative estimate of drug-likeness (QED) is 0.333. The van der Waals surface area contributed by atoms with Crippen molar-refractivity contribution in [3.8, 4) is 5.75 Å². The van der Waals surface area contributed by atoms with Gasteiger partial charge in [-0.3, -0.25) is 9.36 Å². The molecule has 4 aromatic rings. The smallest absolute Gasteiger partial charge is 0.338 e. The lowest BCUT2D eigenvalue weighted by Crippen LogP contribution is -2.39. The van der Waals surface area contributed by atoms with E-state index in [0.29, 0.717) is 26.4 Å². The molecule has 3 aromatic carbocycles. The van der Waals surface area contributed by atoms with Crippen molar-refractivity contribution in [1.82, 2.24) is 4.57 Å². The average Bonchev–Trinajstić information content (AvgIpc) is 3.28. The first-order chi connectivity index (χ1) is 18.6. The Bertz CT molecular complexity index is 1680. The second kappa shape index (κ2) is 11.3. The van der Waals surface area contributed by atoms with Crippen LogP contribution in [0.3, 0.4) is 0 Å². The highest BCUT2D eigenvalue weighted by molar-refractivity contribution is 7.07. The van der Waals surface area contributed by atoms with Crippen LogP contribution < -0.4 is 19.6 Å². The molecule has 5 rings (SSSR count). The van der Waals surface area contributed by atoms with E-state index in [4.69, 9.17) is 14.5 Å². The molecule has 0 aliphatic carbocycles. The summed E-state index contributed by atoms with van der Waals surface area (Å²) >= 11 is 1.29. The van der Waals surface area contributed by atoms with Crippen molar-refractivity contribution in [3.63, 3.8) is 0 Å². The highest BCUT2D eigenvalue weighted by Gasteiger charge is 2.35. The topological polar surface area (TPSA) is 69.9 Å². The molecule has 1 aliphatic rings. The minimum Gasteiger partial charge on any atom is -0.497 e. The number of ether oxygens (including phenoxy) is 2. The Balaban J connectivity index is 1.74. The van der Waals surface area contributed by atoms with Gasteiger partial charge in [-0.1, -0.05) is 96.3 Å². The van der Waals surface area contributed by atoms with Crippen LogP contribution in [0.25, 0.3) is 17.8 Å². The summed E-state index contributed by atoms with van der Waals surface area (Å²) in [6, 6.07) is 26.0. The molecule has 0 saturated heterocycles. The number of esters is 1. The van der Waals surface area contributed by atoms with Gasteiger partial charge in [0.2, 0.25) is 0 Å². The van der Waals surface area contributed by atoms with Gasteiger partial charge in [-0.05, 0) is 36.3 Å². The SMILES string of the molecule is CCOC(=O)C1=C(c2ccccc2)N=c2s/c(=C/C=C/c3ccccc3)c(=O)n2[C@H]1c1ccc(OC)cc1. The van der Waals surface area contributed by atoms with Gasteiger partial charge < -0.3 is 9.47 Å². The van der Waals surface area contributed by atoms with E-state index in [1.54, 1.807) is 24.7 Å². The Morgan fingerprint density at radius 3 is 2.34 bits per heavy atom. The summed E-state index contributed by atoms with van der Waals surface area (Å²) in [5.41, 5.74) is 3.16. The number of rotatable bonds is 7. The molecule has 7 heteroatoms. The Morgan fingerprint density at radius 1 is 1.00 bits per heavy atom. The summed E-state index contributed by atoms with van der Waals surface area (Å²) in [4.78, 5) is 32.6. The van der Waals surface area contributed by atoms with Crippen molar-refractivity contribution < 1.29 is 14.3 Å². The van der Waals surface area contributed by atoms with Gasteiger partial charge in [0.15, 0.2) is 4.80 Å². The monoisotopic (exact) mass is 522 g/mol. The number of nitrogens with zero attached hydrogens (tertiary/aromatic N) is 2. The van der Waals surface area contributed by atoms with Crippen molar-refractivity contribution in [2.45, 2.75) is 13.0 Å². The van der Waals surface area contributed by atoms with Crippen LogP contribution in [0.1, 0.15) is 29.7 Å². The first kappa shape index (κ1) is 25.2. The number of hydrogen-bond donors (Lipinski definition) is 0. The predicted molar refractivity (Wildman–Crippen MR) is 150 cm³/mol. The van der Waals surface area contributed by atoms with E-state index in [1.807, 2.05) is 97.1 Å². The van der Waals surface area contributed by atoms with E-state index in [0.717, 1.165) is 16.7 Å². The fourth-order valence-electron chi connectivity index (χ4n) is 4.37. The van der Waals surface area contributed by atoms with E-state index < -0.39 is 12.0 Å². The van der Waals surface area contributed by atoms with Crippen LogP contribution in [0.4, 0.5) is 0 Å². The lowest BCUT2D eigenvalue weighted by molar-refractivity contribution is -0.138. The number of hydrogen-bond acceptors (Lipinski definition) is 6. The largest absolute Gasteiger partial charge is 0.497 e. The van der Waals surface area contributed by atoms with Gasteiger partial charge in [-0.25, -0.2) is 9.79 Å². The molecule has 1 aliphatic heterocycles. The van der Waals surface area contributed by atoms with E-state index in [1.165, 1.54) is 11.3 Å². The van der Waals surface area contributed by atoms with Gasteiger partial charge in [0.05, 0.1) is 35.6 Å². The molecule has 0 radical (unpaired) electrons. The zero-order valence-corrected chi connectivity index (χ0v) is 21.9. The van der Waals surface area contributed by atoms with Crippen LogP contribution in [0.2, 0.25) is 0 Å². The van der Waals surface area contributed by atoms with Crippen LogP contribution >= 0.6 is 11.3 Å². The van der Waals surface area contributed by atoms with Crippen molar-refractivity contribution in [3.05, 3.63) is 133 Å². The van der Waals surface area contributed by atoms with Crippen LogP contribution in [-0.4, -0.2) is 24.3 Å². The molecule has 0 fully saturated rings. The van der Waals surface area contributed by atoms with Gasteiger partial charge in [0, 0.05) is 5.56 Å². The fourth-order valence-corrected chi connectivity index (χ4v) is 5.32. The molecule has 1 atom stereocenters. The third-order valence-electron chi connectivity index (χ3n) is 6.14. The van der Waals surface area contributed by atoms with Crippen LogP contribution in [-0.2, 0) is 9.53 Å². The van der Waals surface area contributed by atoms with E-state index in [2.05, 4.69) is 0 Å². The summed E-state index contributed by atoms with van der Waals surface area (Å²) in [7, 11) is 1.60. The number of allylic oxidation sites excluding steroid dienone is 1. The molecule has 0 spiro atoms. The van der Waals surface area contributed by atoms with Gasteiger partial charge in [0.25, 0.3) is 5.56 Å². The van der Waals surface area contributed by atoms with Crippen molar-refractivity contribution >= 4 is 35.2 Å². The van der Waals surface area contributed by atoms with Crippen LogP contribution in [0.15, 0.2) is 106 Å². The number of thiazole rings is 1. The molecular formula is C31H26N2O4S. The van der Waals surface area contributed by atoms with Crippen molar-refractivity contribution in [1.29, 1.82) is 0 Å². The molecule has 6 nitrogen and oxygen atoms in total. The maximum Gasteiger partial charge on any atom is 0.338 e. The summed E-state index contributed by atoms with van der Waals surface area (Å²) in [5.74, 6) is 0.173. The second-order valence-corrected chi connectivity index (χ2v) is 9.51. The number of fused-ring (bicyclic) bond motifs is 1. The maximum absolute atomic E-state index is 13.8. The summed E-state index contributed by atoms with van der Waals surface area (Å²) in [6.07, 6.45) is 5.59. The number of carbonyl (C=O) groups excluding carboxylic acids is 1. The summed E-state index contributed by atoms with van der Waals surface area (Å²) in [5, 5.41) is 0. The highest BCUT2D eigenvalue weighted by atomic mass is 32.1. The lowest BCUT2D eigenvalue weighted by Gasteiger charge is -2.26. The molecule has 38 heavy (non-hydrogen) atoms. The molecule has 0 unspecified atom stereocenters. The first-order valence-electron chi connectivity index (χ1n) is 12.2. The van der Waals surface area contributed by atoms with E-state index in [-0.39, 0.29) is 12.2 Å². The first-order valence-corrected chi connectivity index (χ1v) is 13.1. The zero-order chi connectivity index (χ0) is 26.5. The van der Waals surface area contributed by atoms with E-state index in [9.17, 15) is 9.59 Å². The van der Waals surface area contributed by atoms with E-state index >= 15 is 0 Å². The average molecular weight is 523 g/mol. The molecule has 0 bridgehead atoms. The normalized spacial score (nSPS) is 15.3. The van der Waals surface area contributed by atoms with Crippen LogP contribution in [0.5, 0.6) is 5.75 Å². The molecule has 0 N–H and O–H groups in total. The predicted octanol–water partition coefficient (Wildman–Crippen LogP) is 4.61. The molecule has 2 heterocycles. The summed E-state index contributed by atoms with van der Waals surface area (Å²) < 4.78 is 12.9. The lowest BCUT2D eigenvalue weighted by atomic mass is 9.93. The van der Waals surface area contributed by atoms with Crippen molar-refractivity contribution in [2.24, 2.45) is 4.99 Å². The molecule has 1 aromatic heterocycles. The Labute approximate surface area is 224 Å². The fraction of sp³-hybridized carbons (Fsp3) is 0.129. The number of aromatic nitrogens is 1. The molecule has 0 saturated carbocycles. The zero-order valence-electron chi connectivity index (χ0n) is 21.0. The molecule has 0 amide bonds. The van der Waals surface area contributed by atoms with Crippen LogP contribution in [0, 0.1) is 0 Å². The Hall–Kier alpha value is -4.49. The number of benzene rings is 3. The third kappa shape index (κ3) is 5.01.